The molecule has 0 aliphatic carbocycles. The van der Waals surface area contributed by atoms with E-state index in [-0.39, 0.29) is 35.8 Å². The molecule has 234 valence electrons. The molecular formula is C12H45AlO18P6. The standard InChI is InChI=1S/6C2H7O3P.Al.3H/c3*1-2-6(3,4)5;3*1-2-5-6(3)4;;;;/h3*2H2,1H3,(H2,3,4,5);3*6H,2H2,1H3,(H,3,4);;;;. The molecule has 0 spiro atoms. The highest BCUT2D eigenvalue weighted by Crippen LogP contribution is 2.33. The molecule has 18 nitrogen and oxygen atoms in total. The summed E-state index contributed by atoms with van der Waals surface area (Å²) in [7, 11) is -18.8. The molecule has 0 saturated heterocycles. The Morgan fingerprint density at radius 2 is 0.595 bits per heavy atom. The first-order chi connectivity index (χ1) is 16.0. The third-order valence-electron chi connectivity index (χ3n) is 2.04. The first-order valence-electron chi connectivity index (χ1n) is 9.70. The SMILES string of the molecule is CCO[PH](=O)O.CCO[PH](=O)O.CCO[PH](=O)O.CCP(=O)(O)O.CCP(=O)(O)O.CCP(=O)(O)O.[AlH3]. The van der Waals surface area contributed by atoms with Gasteiger partial charge in [-0.2, -0.15) is 0 Å². The molecule has 9 N–H and O–H groups in total. The van der Waals surface area contributed by atoms with Crippen LogP contribution in [0.3, 0.4) is 0 Å². The lowest BCUT2D eigenvalue weighted by molar-refractivity contribution is 0.296. The van der Waals surface area contributed by atoms with Gasteiger partial charge in [0, 0.05) is 18.5 Å². The van der Waals surface area contributed by atoms with E-state index in [0.717, 1.165) is 0 Å². The first-order valence-corrected chi connectivity index (χ1v) is 18.9. The summed E-state index contributed by atoms with van der Waals surface area (Å²) in [6.07, 6.45) is -0.188. The van der Waals surface area contributed by atoms with Gasteiger partial charge in [-0.25, -0.2) is 0 Å². The maximum atomic E-state index is 9.69. The van der Waals surface area contributed by atoms with E-state index in [0.29, 0.717) is 19.8 Å². The van der Waals surface area contributed by atoms with Crippen LogP contribution < -0.4 is 0 Å². The first kappa shape index (κ1) is 54.5. The van der Waals surface area contributed by atoms with Gasteiger partial charge in [-0.1, -0.05) is 20.8 Å². The summed E-state index contributed by atoms with van der Waals surface area (Å²) in [5, 5.41) is 0. The highest BCUT2D eigenvalue weighted by atomic mass is 31.2. The van der Waals surface area contributed by atoms with Gasteiger partial charge in [0.2, 0.25) is 0 Å². The molecule has 0 aromatic rings. The third-order valence-corrected chi connectivity index (χ3v) is 6.12. The second kappa shape index (κ2) is 35.5. The summed E-state index contributed by atoms with van der Waals surface area (Å²) in [5.41, 5.74) is 0. The van der Waals surface area contributed by atoms with E-state index in [1.807, 2.05) is 0 Å². The van der Waals surface area contributed by atoms with Gasteiger partial charge < -0.3 is 57.6 Å². The smallest absolute Gasteiger partial charge is 0.325 e. The molecule has 3 atom stereocenters. The van der Waals surface area contributed by atoms with Crippen LogP contribution in [0.2, 0.25) is 0 Å². The van der Waals surface area contributed by atoms with Gasteiger partial charge in [-0.15, -0.1) is 0 Å². The summed E-state index contributed by atoms with van der Waals surface area (Å²) < 4.78 is 70.2. The monoisotopic (exact) mass is 690 g/mol. The summed E-state index contributed by atoms with van der Waals surface area (Å²) in [5.74, 6) is 0. The van der Waals surface area contributed by atoms with Gasteiger partial charge in [0.05, 0.1) is 19.8 Å². The molecular weight excluding hydrogens is 645 g/mol. The Balaban J connectivity index is -0.0000000581. The van der Waals surface area contributed by atoms with Crippen LogP contribution >= 0.6 is 47.6 Å². The van der Waals surface area contributed by atoms with Crippen molar-refractivity contribution >= 4 is 64.9 Å². The Hall–Kier alpha value is 1.43. The maximum Gasteiger partial charge on any atom is 0.325 e. The van der Waals surface area contributed by atoms with Crippen molar-refractivity contribution in [2.75, 3.05) is 38.3 Å². The Bertz CT molecular complexity index is 586. The Morgan fingerprint density at radius 1 is 0.486 bits per heavy atom. The Kier molecular flexibility index (Phi) is 52.2. The highest BCUT2D eigenvalue weighted by Gasteiger charge is 2.06. The molecule has 0 aliphatic heterocycles. The second-order valence-corrected chi connectivity index (χ2v) is 13.4. The van der Waals surface area contributed by atoms with E-state index in [9.17, 15) is 27.4 Å². The van der Waals surface area contributed by atoms with E-state index in [2.05, 4.69) is 13.6 Å². The van der Waals surface area contributed by atoms with Gasteiger partial charge in [0.1, 0.15) is 0 Å². The molecule has 0 amide bonds. The number of hydrogen-bond acceptors (Lipinski definition) is 9. The Morgan fingerprint density at radius 3 is 0.595 bits per heavy atom. The minimum absolute atomic E-state index is 0. The predicted molar refractivity (Wildman–Crippen MR) is 146 cm³/mol. The summed E-state index contributed by atoms with van der Waals surface area (Å²) >= 11 is 0. The molecule has 0 bridgehead atoms. The molecule has 0 aliphatic rings. The van der Waals surface area contributed by atoms with Crippen LogP contribution in [0.4, 0.5) is 0 Å². The van der Waals surface area contributed by atoms with Crippen LogP contribution in [0.25, 0.3) is 0 Å². The predicted octanol–water partition coefficient (Wildman–Crippen LogP) is 0.583. The second-order valence-electron chi connectivity index (χ2n) is 5.04. The number of hydrogen-bond donors (Lipinski definition) is 9. The molecule has 0 saturated carbocycles. The molecule has 0 heterocycles. The van der Waals surface area contributed by atoms with Crippen molar-refractivity contribution in [1.29, 1.82) is 0 Å². The van der Waals surface area contributed by atoms with Crippen LogP contribution in [-0.2, 0) is 41.0 Å². The molecule has 37 heavy (non-hydrogen) atoms. The molecule has 0 radical (unpaired) electrons. The van der Waals surface area contributed by atoms with Crippen LogP contribution in [-0.4, -0.2) is 99.7 Å². The third kappa shape index (κ3) is 124. The van der Waals surface area contributed by atoms with Crippen molar-refractivity contribution in [3.8, 4) is 0 Å². The molecule has 0 fully saturated rings. The minimum Gasteiger partial charge on any atom is -0.326 e. The van der Waals surface area contributed by atoms with E-state index in [1.54, 1.807) is 20.8 Å². The van der Waals surface area contributed by atoms with Gasteiger partial charge in [0.15, 0.2) is 17.4 Å². The highest BCUT2D eigenvalue weighted by molar-refractivity contribution is 7.52. The lowest BCUT2D eigenvalue weighted by Gasteiger charge is -1.92. The van der Waals surface area contributed by atoms with Crippen LogP contribution in [0, 0.1) is 0 Å². The normalized spacial score (nSPS) is 12.7. The molecule has 0 rings (SSSR count). The molecule has 0 aromatic carbocycles. The largest absolute Gasteiger partial charge is 0.326 e. The summed E-state index contributed by atoms with van der Waals surface area (Å²) in [6.45, 7) is 10.3. The lowest BCUT2D eigenvalue weighted by atomic mass is 10.9. The van der Waals surface area contributed by atoms with Crippen LogP contribution in [0.5, 0.6) is 0 Å². The zero-order chi connectivity index (χ0) is 30.6. The average Bonchev–Trinajstić information content (AvgIpc) is 2.68. The fourth-order valence-electron chi connectivity index (χ4n) is 0.370. The molecule has 0 aromatic heterocycles. The van der Waals surface area contributed by atoms with Crippen molar-refractivity contribution in [2.45, 2.75) is 41.5 Å². The maximum absolute atomic E-state index is 9.69. The van der Waals surface area contributed by atoms with E-state index in [1.165, 1.54) is 20.8 Å². The molecule has 25 heteroatoms. The summed E-state index contributed by atoms with van der Waals surface area (Å²) in [6, 6.07) is 0. The van der Waals surface area contributed by atoms with Gasteiger partial charge in [-0.05, 0) is 20.8 Å². The van der Waals surface area contributed by atoms with Gasteiger partial charge in [-0.3, -0.25) is 27.4 Å². The van der Waals surface area contributed by atoms with Crippen molar-refractivity contribution in [2.24, 2.45) is 0 Å². The van der Waals surface area contributed by atoms with Gasteiger partial charge in [0.25, 0.3) is 0 Å². The topological polar surface area (TPSA) is 312 Å². The number of rotatable bonds is 9. The van der Waals surface area contributed by atoms with Crippen molar-refractivity contribution in [3.05, 3.63) is 0 Å². The van der Waals surface area contributed by atoms with Gasteiger partial charge >= 0.3 is 47.6 Å². The van der Waals surface area contributed by atoms with E-state index in [4.69, 9.17) is 44.0 Å². The van der Waals surface area contributed by atoms with E-state index < -0.39 is 47.6 Å². The Labute approximate surface area is 229 Å². The van der Waals surface area contributed by atoms with Crippen LogP contribution in [0.1, 0.15) is 41.5 Å². The quantitative estimate of drug-likeness (QED) is 0.118. The zero-order valence-electron chi connectivity index (χ0n) is 20.8. The molecule has 3 unspecified atom stereocenters. The fourth-order valence-corrected chi connectivity index (χ4v) is 1.11. The van der Waals surface area contributed by atoms with Crippen LogP contribution in [0.15, 0.2) is 0 Å². The zero-order valence-corrected chi connectivity index (χ0v) is 26.5. The van der Waals surface area contributed by atoms with Crippen molar-refractivity contribution in [3.63, 3.8) is 0 Å². The van der Waals surface area contributed by atoms with Crippen molar-refractivity contribution < 1.29 is 85.0 Å². The lowest BCUT2D eigenvalue weighted by Crippen LogP contribution is -1.76. The summed E-state index contributed by atoms with van der Waals surface area (Å²) in [4.78, 5) is 71.3. The average molecular weight is 690 g/mol. The van der Waals surface area contributed by atoms with Crippen molar-refractivity contribution in [1.82, 2.24) is 0 Å². The fraction of sp³-hybridized carbons (Fsp3) is 1.00. The minimum atomic E-state index is -3.65. The van der Waals surface area contributed by atoms with E-state index >= 15 is 0 Å².